The maximum Gasteiger partial charge on any atom is 0.191 e. The third-order valence-electron chi connectivity index (χ3n) is 2.97. The number of piperazine rings is 1. The van der Waals surface area contributed by atoms with Crippen LogP contribution in [0.3, 0.4) is 0 Å². The molecule has 1 saturated heterocycles. The minimum Gasteiger partial charge on any atom is -0.395 e. The Balaban J connectivity index is 1.76. The van der Waals surface area contributed by atoms with E-state index in [1.54, 1.807) is 0 Å². The van der Waals surface area contributed by atoms with Gasteiger partial charge in [-0.1, -0.05) is 0 Å². The van der Waals surface area contributed by atoms with Crippen molar-refractivity contribution < 1.29 is 5.11 Å². The highest BCUT2D eigenvalue weighted by molar-refractivity contribution is 5.78. The van der Waals surface area contributed by atoms with Crippen LogP contribution in [0.25, 0.3) is 0 Å². The monoisotopic (exact) mass is 212 g/mol. The van der Waals surface area contributed by atoms with E-state index >= 15 is 0 Å². The van der Waals surface area contributed by atoms with Crippen LogP contribution in [0.15, 0.2) is 4.99 Å². The molecule has 5 nitrogen and oxygen atoms in total. The van der Waals surface area contributed by atoms with E-state index in [1.807, 2.05) is 0 Å². The lowest BCUT2D eigenvalue weighted by atomic mass is 10.3. The van der Waals surface area contributed by atoms with Gasteiger partial charge in [-0.2, -0.15) is 0 Å². The van der Waals surface area contributed by atoms with Gasteiger partial charge in [0.25, 0.3) is 0 Å². The van der Waals surface area contributed by atoms with Gasteiger partial charge in [0.1, 0.15) is 0 Å². The Kier molecular flexibility index (Phi) is 3.43. The summed E-state index contributed by atoms with van der Waals surface area (Å²) in [5.74, 6) is 0.709. The van der Waals surface area contributed by atoms with E-state index in [0.717, 1.165) is 32.7 Å². The number of nitrogens with zero attached hydrogens (tertiary/aromatic N) is 3. The van der Waals surface area contributed by atoms with Gasteiger partial charge in [-0.3, -0.25) is 4.90 Å². The quantitative estimate of drug-likeness (QED) is 0.469. The van der Waals surface area contributed by atoms with Crippen LogP contribution in [0.4, 0.5) is 0 Å². The molecular formula is C10H20N4O. The summed E-state index contributed by atoms with van der Waals surface area (Å²) in [7, 11) is 0. The lowest BCUT2D eigenvalue weighted by molar-refractivity contribution is 0.146. The van der Waals surface area contributed by atoms with Crippen molar-refractivity contribution in [2.24, 2.45) is 10.7 Å². The fourth-order valence-corrected chi connectivity index (χ4v) is 1.81. The maximum absolute atomic E-state index is 8.82. The third kappa shape index (κ3) is 3.07. The molecule has 15 heavy (non-hydrogen) atoms. The Labute approximate surface area is 90.6 Å². The summed E-state index contributed by atoms with van der Waals surface area (Å²) >= 11 is 0. The third-order valence-corrected chi connectivity index (χ3v) is 2.97. The van der Waals surface area contributed by atoms with Crippen LogP contribution in [0.5, 0.6) is 0 Å². The Morgan fingerprint density at radius 1 is 1.27 bits per heavy atom. The second-order valence-corrected chi connectivity index (χ2v) is 4.27. The summed E-state index contributed by atoms with van der Waals surface area (Å²) in [4.78, 5) is 8.83. The molecule has 3 N–H and O–H groups in total. The molecule has 2 aliphatic rings. The molecule has 1 heterocycles. The Morgan fingerprint density at radius 3 is 2.47 bits per heavy atom. The molecule has 0 spiro atoms. The number of aliphatic hydroxyl groups is 1. The minimum atomic E-state index is 0.242. The molecule has 86 valence electrons. The number of aliphatic imine (C=N–C) groups is 1. The molecule has 1 aliphatic carbocycles. The van der Waals surface area contributed by atoms with Crippen LogP contribution < -0.4 is 5.73 Å². The summed E-state index contributed by atoms with van der Waals surface area (Å²) in [6.45, 7) is 4.83. The van der Waals surface area contributed by atoms with Crippen molar-refractivity contribution in [2.45, 2.75) is 18.9 Å². The van der Waals surface area contributed by atoms with Gasteiger partial charge >= 0.3 is 0 Å². The van der Waals surface area contributed by atoms with E-state index in [4.69, 9.17) is 10.8 Å². The molecule has 5 heteroatoms. The largest absolute Gasteiger partial charge is 0.395 e. The molecule has 2 fully saturated rings. The van der Waals surface area contributed by atoms with Gasteiger partial charge in [-0.25, -0.2) is 4.99 Å². The standard InChI is InChI=1S/C10H20N4O/c11-10(12-9-1-2-9)14-5-3-13(4-6-14)7-8-15/h9,15H,1-8H2,(H2,11,12). The molecule has 0 aromatic carbocycles. The van der Waals surface area contributed by atoms with Gasteiger partial charge in [0.2, 0.25) is 0 Å². The highest BCUT2D eigenvalue weighted by Gasteiger charge is 2.23. The summed E-state index contributed by atoms with van der Waals surface area (Å²) in [5.41, 5.74) is 5.92. The van der Waals surface area contributed by atoms with Crippen molar-refractivity contribution in [1.82, 2.24) is 9.80 Å². The van der Waals surface area contributed by atoms with Crippen LogP contribution in [0, 0.1) is 0 Å². The van der Waals surface area contributed by atoms with Crippen LogP contribution in [-0.4, -0.2) is 66.2 Å². The highest BCUT2D eigenvalue weighted by Crippen LogP contribution is 2.23. The van der Waals surface area contributed by atoms with Crippen LogP contribution >= 0.6 is 0 Å². The van der Waals surface area contributed by atoms with Crippen molar-refractivity contribution in [3.63, 3.8) is 0 Å². The molecule has 0 unspecified atom stereocenters. The first-order chi connectivity index (χ1) is 7.29. The van der Waals surface area contributed by atoms with E-state index in [1.165, 1.54) is 12.8 Å². The molecule has 1 saturated carbocycles. The fourth-order valence-electron chi connectivity index (χ4n) is 1.81. The minimum absolute atomic E-state index is 0.242. The van der Waals surface area contributed by atoms with Gasteiger partial charge in [0.05, 0.1) is 12.6 Å². The zero-order valence-electron chi connectivity index (χ0n) is 9.10. The topological polar surface area (TPSA) is 65.1 Å². The molecule has 1 aliphatic heterocycles. The van der Waals surface area contributed by atoms with Crippen molar-refractivity contribution in [3.8, 4) is 0 Å². The summed E-state index contributed by atoms with van der Waals surface area (Å²) in [6, 6.07) is 0.500. The SMILES string of the molecule is NC(=NC1CC1)N1CCN(CCO)CC1. The average Bonchev–Trinajstić information content (AvgIpc) is 3.03. The zero-order chi connectivity index (χ0) is 10.7. The highest BCUT2D eigenvalue weighted by atomic mass is 16.3. The molecule has 0 atom stereocenters. The van der Waals surface area contributed by atoms with Crippen LogP contribution in [-0.2, 0) is 0 Å². The van der Waals surface area contributed by atoms with Gasteiger partial charge in [-0.05, 0) is 12.8 Å². The molecule has 0 aromatic rings. The van der Waals surface area contributed by atoms with Crippen LogP contribution in [0.2, 0.25) is 0 Å². The average molecular weight is 212 g/mol. The summed E-state index contributed by atoms with van der Waals surface area (Å²) in [5, 5.41) is 8.82. The number of β-amino-alcohol motifs (C(OH)–C–C–N with tert-alkyl or cyclic N) is 1. The number of hydrogen-bond donors (Lipinski definition) is 2. The second kappa shape index (κ2) is 4.81. The molecule has 0 radical (unpaired) electrons. The second-order valence-electron chi connectivity index (χ2n) is 4.27. The first-order valence-corrected chi connectivity index (χ1v) is 5.71. The molecule has 0 bridgehead atoms. The summed E-state index contributed by atoms with van der Waals surface area (Å²) < 4.78 is 0. The normalized spacial score (nSPS) is 24.6. The molecular weight excluding hydrogens is 192 g/mol. The van der Waals surface area contributed by atoms with Gasteiger partial charge in [0.15, 0.2) is 5.96 Å². The Hall–Kier alpha value is -0.810. The van der Waals surface area contributed by atoms with Crippen molar-refractivity contribution in [3.05, 3.63) is 0 Å². The number of rotatable bonds is 3. The van der Waals surface area contributed by atoms with Crippen LogP contribution in [0.1, 0.15) is 12.8 Å². The van der Waals surface area contributed by atoms with E-state index in [2.05, 4.69) is 14.8 Å². The molecule has 2 rings (SSSR count). The van der Waals surface area contributed by atoms with Crippen molar-refractivity contribution >= 4 is 5.96 Å². The van der Waals surface area contributed by atoms with E-state index in [9.17, 15) is 0 Å². The van der Waals surface area contributed by atoms with Gasteiger partial charge in [-0.15, -0.1) is 0 Å². The van der Waals surface area contributed by atoms with Crippen molar-refractivity contribution in [2.75, 3.05) is 39.3 Å². The number of guanidine groups is 1. The first-order valence-electron chi connectivity index (χ1n) is 5.71. The predicted molar refractivity (Wildman–Crippen MR) is 59.7 cm³/mol. The fraction of sp³-hybridized carbons (Fsp3) is 0.900. The summed E-state index contributed by atoms with van der Waals surface area (Å²) in [6.07, 6.45) is 2.40. The number of hydrogen-bond acceptors (Lipinski definition) is 3. The van der Waals surface area contributed by atoms with E-state index < -0.39 is 0 Å². The lowest BCUT2D eigenvalue weighted by Crippen LogP contribution is -2.51. The first kappa shape index (κ1) is 10.7. The van der Waals surface area contributed by atoms with E-state index in [-0.39, 0.29) is 6.61 Å². The zero-order valence-corrected chi connectivity index (χ0v) is 9.10. The Morgan fingerprint density at radius 2 is 1.93 bits per heavy atom. The van der Waals surface area contributed by atoms with E-state index in [0.29, 0.717) is 12.0 Å². The maximum atomic E-state index is 8.82. The lowest BCUT2D eigenvalue weighted by Gasteiger charge is -2.34. The van der Waals surface area contributed by atoms with Crippen molar-refractivity contribution in [1.29, 1.82) is 0 Å². The molecule has 0 aromatic heterocycles. The smallest absolute Gasteiger partial charge is 0.191 e. The van der Waals surface area contributed by atoms with Gasteiger partial charge in [0, 0.05) is 32.7 Å². The number of nitrogens with two attached hydrogens (primary N) is 1. The Bertz CT molecular complexity index is 232. The predicted octanol–water partition coefficient (Wildman–Crippen LogP) is -0.927. The van der Waals surface area contributed by atoms with Gasteiger partial charge < -0.3 is 15.7 Å². The number of aliphatic hydroxyl groups excluding tert-OH is 1. The molecule has 0 amide bonds.